The molecule has 0 radical (unpaired) electrons. The Bertz CT molecular complexity index is 1140. The van der Waals surface area contributed by atoms with Gasteiger partial charge in [-0.3, -0.25) is 14.4 Å². The number of aliphatic hydroxyl groups excluding tert-OH is 1. The van der Waals surface area contributed by atoms with Crippen molar-refractivity contribution in [3.05, 3.63) is 72.4 Å². The van der Waals surface area contributed by atoms with E-state index in [1.807, 2.05) is 37.3 Å². The maximum atomic E-state index is 14.2. The number of hydrogen-bond acceptors (Lipinski definition) is 6. The van der Waals surface area contributed by atoms with Gasteiger partial charge >= 0.3 is 5.97 Å². The number of benzene rings is 1. The van der Waals surface area contributed by atoms with Gasteiger partial charge in [0.2, 0.25) is 5.91 Å². The first-order valence-electron chi connectivity index (χ1n) is 12.9. The quantitative estimate of drug-likeness (QED) is 0.428. The van der Waals surface area contributed by atoms with Gasteiger partial charge in [-0.15, -0.1) is 0 Å². The van der Waals surface area contributed by atoms with Crippen molar-refractivity contribution in [3.63, 3.8) is 0 Å². The average Bonchev–Trinajstić information content (AvgIpc) is 3.13. The van der Waals surface area contributed by atoms with E-state index in [0.717, 1.165) is 5.56 Å². The van der Waals surface area contributed by atoms with Gasteiger partial charge in [0.15, 0.2) is 5.78 Å². The van der Waals surface area contributed by atoms with Crippen LogP contribution in [0.4, 0.5) is 0 Å². The zero-order chi connectivity index (χ0) is 27.1. The Morgan fingerprint density at radius 2 is 1.86 bits per heavy atom. The number of amides is 1. The van der Waals surface area contributed by atoms with E-state index in [-0.39, 0.29) is 23.7 Å². The molecular weight excluding hydrogens is 470 g/mol. The van der Waals surface area contributed by atoms with Gasteiger partial charge in [-0.2, -0.15) is 0 Å². The lowest BCUT2D eigenvalue weighted by molar-refractivity contribution is -0.166. The molecule has 1 saturated heterocycles. The van der Waals surface area contributed by atoms with E-state index in [9.17, 15) is 24.6 Å². The van der Waals surface area contributed by atoms with Gasteiger partial charge in [0.25, 0.3) is 0 Å². The van der Waals surface area contributed by atoms with E-state index in [2.05, 4.69) is 11.9 Å². The molecule has 3 aliphatic rings. The third-order valence-corrected chi connectivity index (χ3v) is 8.53. The standard InChI is InChI=1S/C30H37NO6/c1-17-10-9-13-22-26(33)19(3)18(2)25-23(16-21-11-7-6-8-12-21)31-28(35)30(22,25)24(37-20(4)32)14-15-29(5,36)27(17)34/h6-9,11-15,17-18,22-26,33,36H,3,10,16H2,1-2,4-5H3,(H,31,35)/b13-9+,15-14+/t17-,18+,22-,23+,24+,25-,26+,29-,30-/m0/s1. The lowest BCUT2D eigenvalue weighted by Gasteiger charge is -2.52. The predicted octanol–water partition coefficient (Wildman–Crippen LogP) is 2.92. The molecule has 3 N–H and O–H groups in total. The SMILES string of the molecule is C=C1[C@@H](C)[C@H]2[C@@H](Cc3ccccc3)NC(=O)[C@@]23[C@H](OC(C)=O)/C=C/[C@](C)(O)C(=O)[C@@H](C)C/C=C/[C@H]3[C@@H]1O. The number of carbonyl (C=O) groups excluding carboxylic acids is 3. The fourth-order valence-electron chi connectivity index (χ4n) is 6.68. The Balaban J connectivity index is 1.94. The topological polar surface area (TPSA) is 113 Å². The normalized spacial score (nSPS) is 41.6. The number of ketones is 1. The van der Waals surface area contributed by atoms with E-state index in [1.165, 1.54) is 26.0 Å². The summed E-state index contributed by atoms with van der Waals surface area (Å²) in [5, 5.41) is 25.7. The maximum Gasteiger partial charge on any atom is 0.303 e. The Labute approximate surface area is 218 Å². The summed E-state index contributed by atoms with van der Waals surface area (Å²) in [6.07, 6.45) is 5.01. The first kappa shape index (κ1) is 27.0. The van der Waals surface area contributed by atoms with Crippen molar-refractivity contribution in [2.24, 2.45) is 29.1 Å². The molecule has 7 nitrogen and oxygen atoms in total. The van der Waals surface area contributed by atoms with Crippen LogP contribution in [-0.2, 0) is 25.5 Å². The van der Waals surface area contributed by atoms with Crippen molar-refractivity contribution in [2.75, 3.05) is 0 Å². The van der Waals surface area contributed by atoms with Crippen LogP contribution in [-0.4, -0.2) is 51.7 Å². The van der Waals surface area contributed by atoms with Crippen LogP contribution in [0.3, 0.4) is 0 Å². The molecule has 0 unspecified atom stereocenters. The number of esters is 1. The molecule has 2 fully saturated rings. The Hall–Kier alpha value is -3.03. The zero-order valence-electron chi connectivity index (χ0n) is 21.9. The second kappa shape index (κ2) is 10.0. The predicted molar refractivity (Wildman–Crippen MR) is 139 cm³/mol. The first-order valence-corrected chi connectivity index (χ1v) is 12.9. The molecular formula is C30H37NO6. The number of aliphatic hydroxyl groups is 2. The van der Waals surface area contributed by atoms with Crippen molar-refractivity contribution in [1.82, 2.24) is 5.32 Å². The summed E-state index contributed by atoms with van der Waals surface area (Å²) in [6, 6.07) is 9.49. The second-order valence-electron chi connectivity index (χ2n) is 11.0. The Morgan fingerprint density at radius 1 is 1.19 bits per heavy atom. The molecule has 2 aliphatic carbocycles. The highest BCUT2D eigenvalue weighted by Gasteiger charge is 2.68. The van der Waals surface area contributed by atoms with Crippen LogP contribution in [0.15, 0.2) is 66.8 Å². The molecule has 4 rings (SSSR count). The number of Topliss-reactive ketones (excluding diaryl/α,β-unsaturated/α-hetero) is 1. The Kier molecular flexibility index (Phi) is 7.32. The van der Waals surface area contributed by atoms with Crippen LogP contribution in [0, 0.1) is 29.1 Å². The van der Waals surface area contributed by atoms with Crippen molar-refractivity contribution >= 4 is 17.7 Å². The van der Waals surface area contributed by atoms with Crippen molar-refractivity contribution in [1.29, 1.82) is 0 Å². The minimum atomic E-state index is -1.82. The summed E-state index contributed by atoms with van der Waals surface area (Å²) in [6.45, 7) is 10.5. The summed E-state index contributed by atoms with van der Waals surface area (Å²) in [5.74, 6) is -3.26. The molecule has 1 spiro atoms. The Morgan fingerprint density at radius 3 is 2.51 bits per heavy atom. The molecule has 198 valence electrons. The number of ether oxygens (including phenoxy) is 1. The van der Waals surface area contributed by atoms with E-state index in [1.54, 1.807) is 19.1 Å². The number of nitrogens with one attached hydrogen (secondary N) is 1. The van der Waals surface area contributed by atoms with Crippen LogP contribution in [0.25, 0.3) is 0 Å². The number of allylic oxidation sites excluding steroid dienone is 1. The summed E-state index contributed by atoms with van der Waals surface area (Å²) >= 11 is 0. The number of rotatable bonds is 3. The van der Waals surface area contributed by atoms with Crippen molar-refractivity contribution < 1.29 is 29.3 Å². The van der Waals surface area contributed by atoms with E-state index < -0.39 is 46.9 Å². The largest absolute Gasteiger partial charge is 0.457 e. The van der Waals surface area contributed by atoms with Crippen LogP contribution < -0.4 is 5.32 Å². The molecule has 7 heteroatoms. The van der Waals surface area contributed by atoms with Crippen LogP contribution >= 0.6 is 0 Å². The van der Waals surface area contributed by atoms with Gasteiger partial charge in [0, 0.05) is 30.7 Å². The fourth-order valence-corrected chi connectivity index (χ4v) is 6.68. The zero-order valence-corrected chi connectivity index (χ0v) is 21.9. The van der Waals surface area contributed by atoms with Crippen molar-refractivity contribution in [3.8, 4) is 0 Å². The molecule has 37 heavy (non-hydrogen) atoms. The third kappa shape index (κ3) is 4.59. The minimum absolute atomic E-state index is 0.287. The molecule has 1 aromatic rings. The summed E-state index contributed by atoms with van der Waals surface area (Å²) in [5.41, 5.74) is -1.55. The smallest absolute Gasteiger partial charge is 0.303 e. The van der Waals surface area contributed by atoms with E-state index >= 15 is 0 Å². The monoisotopic (exact) mass is 507 g/mol. The fraction of sp³-hybridized carbons (Fsp3) is 0.500. The summed E-state index contributed by atoms with van der Waals surface area (Å²) in [4.78, 5) is 39.5. The lowest BCUT2D eigenvalue weighted by Crippen LogP contribution is -2.60. The molecule has 1 heterocycles. The maximum absolute atomic E-state index is 14.2. The molecule has 1 saturated carbocycles. The summed E-state index contributed by atoms with van der Waals surface area (Å²) in [7, 11) is 0. The highest BCUT2D eigenvalue weighted by Crippen LogP contribution is 2.58. The van der Waals surface area contributed by atoms with Gasteiger partial charge in [-0.25, -0.2) is 0 Å². The van der Waals surface area contributed by atoms with Gasteiger partial charge in [-0.1, -0.05) is 62.9 Å². The van der Waals surface area contributed by atoms with Crippen LogP contribution in [0.1, 0.15) is 39.7 Å². The van der Waals surface area contributed by atoms with E-state index in [4.69, 9.17) is 4.74 Å². The molecule has 9 atom stereocenters. The van der Waals surface area contributed by atoms with Crippen LogP contribution in [0.5, 0.6) is 0 Å². The average molecular weight is 508 g/mol. The highest BCUT2D eigenvalue weighted by molar-refractivity contribution is 5.91. The molecule has 1 amide bonds. The van der Waals surface area contributed by atoms with Gasteiger partial charge in [-0.05, 0) is 49.0 Å². The lowest BCUT2D eigenvalue weighted by atomic mass is 9.51. The highest BCUT2D eigenvalue weighted by atomic mass is 16.5. The second-order valence-corrected chi connectivity index (χ2v) is 11.0. The van der Waals surface area contributed by atoms with E-state index in [0.29, 0.717) is 18.4 Å². The molecule has 0 bridgehead atoms. The number of hydrogen-bond donors (Lipinski definition) is 3. The minimum Gasteiger partial charge on any atom is -0.457 e. The molecule has 1 aliphatic heterocycles. The van der Waals surface area contributed by atoms with Gasteiger partial charge in [0.05, 0.1) is 6.10 Å². The summed E-state index contributed by atoms with van der Waals surface area (Å²) < 4.78 is 5.81. The third-order valence-electron chi connectivity index (χ3n) is 8.53. The van der Waals surface area contributed by atoms with Crippen LogP contribution in [0.2, 0.25) is 0 Å². The first-order chi connectivity index (χ1) is 17.4. The van der Waals surface area contributed by atoms with Gasteiger partial charge in [0.1, 0.15) is 17.1 Å². The van der Waals surface area contributed by atoms with Crippen molar-refractivity contribution in [2.45, 2.75) is 64.4 Å². The number of carbonyl (C=O) groups is 3. The molecule has 0 aromatic heterocycles. The molecule has 1 aromatic carbocycles. The van der Waals surface area contributed by atoms with Gasteiger partial charge < -0.3 is 20.3 Å².